The molecule has 0 radical (unpaired) electrons. The van der Waals surface area contributed by atoms with Crippen LogP contribution >= 0.6 is 0 Å². The van der Waals surface area contributed by atoms with E-state index < -0.39 is 0 Å². The molecule has 5 rings (SSSR count). The normalized spacial score (nSPS) is 12.0. The first-order valence-electron chi connectivity index (χ1n) is 9.51. The maximum Gasteiger partial charge on any atom is 0.257 e. The first-order valence-corrected chi connectivity index (χ1v) is 9.51. The number of benzene rings is 2. The van der Waals surface area contributed by atoms with Crippen molar-refractivity contribution in [3.8, 4) is 33.9 Å². The number of aromatic nitrogens is 3. The van der Waals surface area contributed by atoms with E-state index in [1.807, 2.05) is 20.8 Å². The zero-order valence-corrected chi connectivity index (χ0v) is 16.8. The van der Waals surface area contributed by atoms with Crippen LogP contribution in [0.1, 0.15) is 22.8 Å². The Labute approximate surface area is 164 Å². The summed E-state index contributed by atoms with van der Waals surface area (Å²) < 4.78 is 8.68. The van der Waals surface area contributed by atoms with Crippen molar-refractivity contribution >= 4 is 10.8 Å². The minimum Gasteiger partial charge on any atom is -0.449 e. The number of nitrogens with zero attached hydrogens (tertiary/aromatic N) is 3. The maximum atomic E-state index is 6.53. The molecule has 0 bridgehead atoms. The van der Waals surface area contributed by atoms with E-state index in [1.54, 1.807) is 0 Å². The topological polar surface area (TPSA) is 38.9 Å². The lowest BCUT2D eigenvalue weighted by atomic mass is 9.91. The molecule has 0 spiro atoms. The number of ether oxygens (including phenoxy) is 1. The van der Waals surface area contributed by atoms with Gasteiger partial charge in [-0.2, -0.15) is 4.57 Å². The van der Waals surface area contributed by atoms with Gasteiger partial charge in [0, 0.05) is 34.0 Å². The Kier molecular flexibility index (Phi) is 3.53. The van der Waals surface area contributed by atoms with Gasteiger partial charge in [0.05, 0.1) is 5.56 Å². The Balaban J connectivity index is 1.91. The summed E-state index contributed by atoms with van der Waals surface area (Å²) in [5, 5.41) is 2.37. The highest BCUT2D eigenvalue weighted by Gasteiger charge is 2.32. The Morgan fingerprint density at radius 2 is 1.61 bits per heavy atom. The van der Waals surface area contributed by atoms with E-state index in [0.717, 1.165) is 45.5 Å². The van der Waals surface area contributed by atoms with Crippen molar-refractivity contribution in [1.29, 1.82) is 0 Å². The molecule has 0 saturated carbocycles. The standard InChI is InChI=1S/C24H22N3O/c1-13-9-10-17-7-6-8-19-22(17)20(13)23-24(28-19)18(11-12-27(23)5)21-14(2)25-16(4)26-15(21)3/h6-12H,1-5H3/q+1. The molecule has 2 aromatic carbocycles. The van der Waals surface area contributed by atoms with Crippen molar-refractivity contribution in [1.82, 2.24) is 9.97 Å². The second-order valence-corrected chi connectivity index (χ2v) is 7.55. The lowest BCUT2D eigenvalue weighted by molar-refractivity contribution is -0.660. The van der Waals surface area contributed by atoms with Gasteiger partial charge in [-0.15, -0.1) is 0 Å². The largest absolute Gasteiger partial charge is 0.449 e. The molecule has 0 fully saturated rings. The summed E-state index contributed by atoms with van der Waals surface area (Å²) in [7, 11) is 2.07. The van der Waals surface area contributed by atoms with Crippen molar-refractivity contribution < 1.29 is 9.30 Å². The van der Waals surface area contributed by atoms with E-state index >= 15 is 0 Å². The van der Waals surface area contributed by atoms with Crippen molar-refractivity contribution in [3.05, 3.63) is 65.4 Å². The fourth-order valence-corrected chi connectivity index (χ4v) is 4.44. The molecule has 0 unspecified atom stereocenters. The van der Waals surface area contributed by atoms with Crippen molar-refractivity contribution in [2.24, 2.45) is 7.05 Å². The molecule has 0 aliphatic carbocycles. The van der Waals surface area contributed by atoms with Crippen LogP contribution in [-0.2, 0) is 7.05 Å². The highest BCUT2D eigenvalue weighted by atomic mass is 16.5. The average molecular weight is 368 g/mol. The van der Waals surface area contributed by atoms with Crippen molar-refractivity contribution in [2.45, 2.75) is 27.7 Å². The highest BCUT2D eigenvalue weighted by Crippen LogP contribution is 2.50. The Bertz CT molecular complexity index is 1270. The lowest BCUT2D eigenvalue weighted by Gasteiger charge is -2.23. The molecule has 1 aliphatic rings. The molecule has 1 aliphatic heterocycles. The molecule has 138 valence electrons. The summed E-state index contributed by atoms with van der Waals surface area (Å²) in [5.74, 6) is 2.57. The molecule has 2 aromatic heterocycles. The number of hydrogen-bond acceptors (Lipinski definition) is 3. The van der Waals surface area contributed by atoms with E-state index in [4.69, 9.17) is 4.74 Å². The fourth-order valence-electron chi connectivity index (χ4n) is 4.44. The number of aryl methyl sites for hydroxylation is 5. The zero-order chi connectivity index (χ0) is 19.6. The first kappa shape index (κ1) is 16.9. The van der Waals surface area contributed by atoms with Gasteiger partial charge >= 0.3 is 0 Å². The monoisotopic (exact) mass is 368 g/mol. The zero-order valence-electron chi connectivity index (χ0n) is 16.8. The molecular formula is C24H22N3O+. The minimum atomic E-state index is 0.793. The molecule has 4 heteroatoms. The Morgan fingerprint density at radius 1 is 0.857 bits per heavy atom. The van der Waals surface area contributed by atoms with Crippen LogP contribution in [0, 0.1) is 27.7 Å². The number of hydrogen-bond donors (Lipinski definition) is 0. The van der Waals surface area contributed by atoms with Gasteiger partial charge in [0.25, 0.3) is 5.69 Å². The quantitative estimate of drug-likeness (QED) is 0.385. The van der Waals surface area contributed by atoms with Crippen LogP contribution in [0.25, 0.3) is 33.2 Å². The molecule has 4 aromatic rings. The van der Waals surface area contributed by atoms with E-state index in [2.05, 4.69) is 71.1 Å². The summed E-state index contributed by atoms with van der Waals surface area (Å²) in [5.41, 5.74) is 7.60. The van der Waals surface area contributed by atoms with Crippen LogP contribution < -0.4 is 9.30 Å². The third kappa shape index (κ3) is 2.27. The van der Waals surface area contributed by atoms with Crippen molar-refractivity contribution in [3.63, 3.8) is 0 Å². The second kappa shape index (κ2) is 5.86. The predicted octanol–water partition coefficient (Wildman–Crippen LogP) is 5.13. The van der Waals surface area contributed by atoms with Crippen molar-refractivity contribution in [2.75, 3.05) is 0 Å². The summed E-state index contributed by atoms with van der Waals surface area (Å²) in [6, 6.07) is 12.7. The predicted molar refractivity (Wildman–Crippen MR) is 111 cm³/mol. The lowest BCUT2D eigenvalue weighted by Crippen LogP contribution is -2.32. The van der Waals surface area contributed by atoms with Gasteiger partial charge in [-0.1, -0.05) is 24.3 Å². The number of pyridine rings is 1. The second-order valence-electron chi connectivity index (χ2n) is 7.55. The molecule has 4 nitrogen and oxygen atoms in total. The summed E-state index contributed by atoms with van der Waals surface area (Å²) in [4.78, 5) is 9.22. The number of rotatable bonds is 1. The molecule has 0 N–H and O–H groups in total. The summed E-state index contributed by atoms with van der Waals surface area (Å²) in [6.45, 7) is 8.18. The van der Waals surface area contributed by atoms with Gasteiger partial charge in [0.1, 0.15) is 18.6 Å². The highest BCUT2D eigenvalue weighted by molar-refractivity contribution is 6.05. The summed E-state index contributed by atoms with van der Waals surface area (Å²) >= 11 is 0. The Morgan fingerprint density at radius 3 is 2.36 bits per heavy atom. The number of fused-ring (bicyclic) bond motifs is 2. The van der Waals surface area contributed by atoms with Gasteiger partial charge in [0.15, 0.2) is 6.20 Å². The van der Waals surface area contributed by atoms with Gasteiger partial charge in [0.2, 0.25) is 5.75 Å². The average Bonchev–Trinajstić information content (AvgIpc) is 2.65. The molecule has 0 amide bonds. The molecule has 0 atom stereocenters. The van der Waals surface area contributed by atoms with Crippen LogP contribution in [0.2, 0.25) is 0 Å². The molecule has 3 heterocycles. The fraction of sp³-hybridized carbons (Fsp3) is 0.208. The molecule has 0 saturated heterocycles. The van der Waals surface area contributed by atoms with Gasteiger partial charge in [-0.25, -0.2) is 9.97 Å². The van der Waals surface area contributed by atoms with E-state index in [0.29, 0.717) is 0 Å². The molecule has 28 heavy (non-hydrogen) atoms. The minimum absolute atomic E-state index is 0.793. The summed E-state index contributed by atoms with van der Waals surface area (Å²) in [6.07, 6.45) is 2.10. The van der Waals surface area contributed by atoms with Crippen LogP contribution in [0.15, 0.2) is 42.6 Å². The van der Waals surface area contributed by atoms with E-state index in [-0.39, 0.29) is 0 Å². The van der Waals surface area contributed by atoms with E-state index in [1.165, 1.54) is 21.9 Å². The van der Waals surface area contributed by atoms with Crippen LogP contribution in [-0.4, -0.2) is 9.97 Å². The third-order valence-electron chi connectivity index (χ3n) is 5.59. The van der Waals surface area contributed by atoms with Crippen LogP contribution in [0.4, 0.5) is 0 Å². The van der Waals surface area contributed by atoms with Gasteiger partial charge < -0.3 is 4.74 Å². The van der Waals surface area contributed by atoms with Gasteiger partial charge in [-0.3, -0.25) is 0 Å². The van der Waals surface area contributed by atoms with Crippen LogP contribution in [0.3, 0.4) is 0 Å². The van der Waals surface area contributed by atoms with Gasteiger partial charge in [-0.05, 0) is 44.7 Å². The van der Waals surface area contributed by atoms with Crippen LogP contribution in [0.5, 0.6) is 11.5 Å². The van der Waals surface area contributed by atoms with E-state index in [9.17, 15) is 0 Å². The first-order chi connectivity index (χ1) is 13.5. The maximum absolute atomic E-state index is 6.53. The SMILES string of the molecule is Cc1nc(C)c(-c2cc[n+](C)c3c2Oc2cccc4ccc(C)c-3c24)c(C)n1. The third-order valence-corrected chi connectivity index (χ3v) is 5.59. The Hall–Kier alpha value is -3.27. The smallest absolute Gasteiger partial charge is 0.257 e. The molecular weight excluding hydrogens is 346 g/mol.